The number of benzene rings is 1. The third-order valence-corrected chi connectivity index (χ3v) is 8.75. The quantitative estimate of drug-likeness (QED) is 0.322. The minimum Gasteiger partial charge on any atom is -0.367 e. The van der Waals surface area contributed by atoms with Gasteiger partial charge in [0, 0.05) is 49.2 Å². The number of rotatable bonds is 9. The Hall–Kier alpha value is -2.61. The summed E-state index contributed by atoms with van der Waals surface area (Å²) in [5.41, 5.74) is 0.713. The number of halogens is 2. The van der Waals surface area contributed by atoms with Gasteiger partial charge in [-0.15, -0.1) is 3.77 Å². The Kier molecular flexibility index (Phi) is 8.94. The molecule has 3 rings (SSSR count). The van der Waals surface area contributed by atoms with Gasteiger partial charge in [0.25, 0.3) is 10.0 Å². The fraction of sp³-hybridized carbons (Fsp3) is 0.200. The molecule has 0 spiro atoms. The lowest BCUT2D eigenvalue weighted by Gasteiger charge is -2.11. The SMILES string of the molecule is CC(=O)NCCNc1nc(Nc2ccc(S(C)=NS(=O)(=O)c3cnccc3Cl)cc2)ncc1Br. The van der Waals surface area contributed by atoms with Crippen LogP contribution in [0.4, 0.5) is 17.5 Å². The van der Waals surface area contributed by atoms with Crippen LogP contribution in [0.3, 0.4) is 0 Å². The van der Waals surface area contributed by atoms with Crippen LogP contribution in [-0.4, -0.2) is 48.6 Å². The molecule has 0 saturated carbocycles. The fourth-order valence-corrected chi connectivity index (χ4v) is 6.23. The van der Waals surface area contributed by atoms with Crippen LogP contribution in [0, 0.1) is 0 Å². The number of nitrogens with one attached hydrogen (secondary N) is 3. The van der Waals surface area contributed by atoms with Crippen LogP contribution in [0.2, 0.25) is 5.02 Å². The van der Waals surface area contributed by atoms with E-state index in [9.17, 15) is 13.2 Å². The Labute approximate surface area is 213 Å². The van der Waals surface area contributed by atoms with Crippen molar-refractivity contribution < 1.29 is 13.2 Å². The smallest absolute Gasteiger partial charge is 0.291 e. The van der Waals surface area contributed by atoms with Crippen LogP contribution in [0.25, 0.3) is 0 Å². The van der Waals surface area contributed by atoms with Gasteiger partial charge in [-0.05, 0) is 52.5 Å². The van der Waals surface area contributed by atoms with Gasteiger partial charge in [0.1, 0.15) is 10.7 Å². The van der Waals surface area contributed by atoms with E-state index in [0.717, 1.165) is 4.90 Å². The summed E-state index contributed by atoms with van der Waals surface area (Å²) in [6, 6.07) is 8.54. The molecule has 0 aliphatic heterocycles. The summed E-state index contributed by atoms with van der Waals surface area (Å²) in [6.07, 6.45) is 5.92. The summed E-state index contributed by atoms with van der Waals surface area (Å²) in [4.78, 5) is 24.1. The monoisotopic (exact) mass is 585 g/mol. The summed E-state index contributed by atoms with van der Waals surface area (Å²) in [5, 5.41) is 9.00. The second-order valence-corrected chi connectivity index (χ2v) is 11.5. The van der Waals surface area contributed by atoms with Gasteiger partial charge in [0.2, 0.25) is 11.9 Å². The van der Waals surface area contributed by atoms with E-state index in [1.807, 2.05) is 0 Å². The lowest BCUT2D eigenvalue weighted by atomic mass is 10.3. The number of hydrogen-bond donors (Lipinski definition) is 3. The average Bonchev–Trinajstić information content (AvgIpc) is 2.79. The Morgan fingerprint density at radius 1 is 1.18 bits per heavy atom. The van der Waals surface area contributed by atoms with Crippen LogP contribution in [0.5, 0.6) is 0 Å². The van der Waals surface area contributed by atoms with Crippen molar-refractivity contribution in [3.63, 3.8) is 0 Å². The number of nitrogens with zero attached hydrogens (tertiary/aromatic N) is 4. The molecule has 180 valence electrons. The van der Waals surface area contributed by atoms with E-state index in [1.54, 1.807) is 36.7 Å². The molecule has 0 radical (unpaired) electrons. The molecule has 2 heterocycles. The number of pyridine rings is 1. The van der Waals surface area contributed by atoms with Crippen molar-refractivity contribution in [1.82, 2.24) is 20.3 Å². The second-order valence-electron chi connectivity index (χ2n) is 6.78. The Balaban J connectivity index is 1.70. The lowest BCUT2D eigenvalue weighted by molar-refractivity contribution is -0.118. The molecule has 1 amide bonds. The standard InChI is InChI=1S/C20H21BrClN7O3S2/c1-13(30)24-9-10-25-19-16(21)11-26-20(28-19)27-14-3-5-15(6-4-14)33(2)29-34(31,32)18-12-23-8-7-17(18)22/h3-8,11-12H,9-10H2,1-2H3,(H,24,30)(H2,25,26,27,28). The molecule has 3 N–H and O–H groups in total. The normalized spacial score (nSPS) is 12.2. The Morgan fingerprint density at radius 3 is 2.59 bits per heavy atom. The van der Waals surface area contributed by atoms with E-state index in [1.165, 1.54) is 25.4 Å². The van der Waals surface area contributed by atoms with E-state index in [4.69, 9.17) is 11.6 Å². The molecule has 1 aromatic carbocycles. The van der Waals surface area contributed by atoms with Crippen LogP contribution in [0.1, 0.15) is 6.92 Å². The molecule has 10 nitrogen and oxygen atoms in total. The number of aromatic nitrogens is 3. The third-order valence-electron chi connectivity index (χ3n) is 4.21. The van der Waals surface area contributed by atoms with E-state index in [-0.39, 0.29) is 15.8 Å². The molecule has 0 bridgehead atoms. The zero-order valence-corrected chi connectivity index (χ0v) is 22.1. The second kappa shape index (κ2) is 11.7. The first-order valence-electron chi connectivity index (χ1n) is 9.77. The maximum absolute atomic E-state index is 12.6. The van der Waals surface area contributed by atoms with Gasteiger partial charge in [0.05, 0.1) is 9.50 Å². The number of sulfonamides is 1. The molecule has 2 aromatic heterocycles. The topological polar surface area (TPSA) is 138 Å². The molecule has 0 aliphatic carbocycles. The highest BCUT2D eigenvalue weighted by atomic mass is 79.9. The number of hydrogen-bond acceptors (Lipinski definition) is 8. The highest BCUT2D eigenvalue weighted by Gasteiger charge is 2.18. The molecule has 0 fully saturated rings. The van der Waals surface area contributed by atoms with Gasteiger partial charge in [-0.3, -0.25) is 9.78 Å². The van der Waals surface area contributed by atoms with Crippen molar-refractivity contribution in [2.45, 2.75) is 16.7 Å². The molecular weight excluding hydrogens is 566 g/mol. The third kappa shape index (κ3) is 7.19. The van der Waals surface area contributed by atoms with Crippen LogP contribution in [-0.2, 0) is 25.5 Å². The van der Waals surface area contributed by atoms with Crippen molar-refractivity contribution in [2.75, 3.05) is 30.0 Å². The van der Waals surface area contributed by atoms with Crippen molar-refractivity contribution in [3.05, 3.63) is 58.4 Å². The number of carbonyl (C=O) groups excluding carboxylic acids is 1. The number of carbonyl (C=O) groups is 1. The molecule has 1 unspecified atom stereocenters. The van der Waals surface area contributed by atoms with Crippen LogP contribution in [0.15, 0.2) is 67.0 Å². The predicted molar refractivity (Wildman–Crippen MR) is 137 cm³/mol. The Morgan fingerprint density at radius 2 is 1.91 bits per heavy atom. The minimum atomic E-state index is -3.95. The van der Waals surface area contributed by atoms with Gasteiger partial charge in [-0.25, -0.2) is 4.98 Å². The van der Waals surface area contributed by atoms with Gasteiger partial charge in [0.15, 0.2) is 0 Å². The van der Waals surface area contributed by atoms with Gasteiger partial charge < -0.3 is 16.0 Å². The average molecular weight is 587 g/mol. The zero-order chi connectivity index (χ0) is 24.7. The van der Waals surface area contributed by atoms with Crippen LogP contribution < -0.4 is 16.0 Å². The molecule has 14 heteroatoms. The van der Waals surface area contributed by atoms with Crippen molar-refractivity contribution in [1.29, 1.82) is 0 Å². The van der Waals surface area contributed by atoms with E-state index in [0.29, 0.717) is 35.0 Å². The van der Waals surface area contributed by atoms with Crippen molar-refractivity contribution in [2.24, 2.45) is 3.77 Å². The maximum Gasteiger partial charge on any atom is 0.291 e. The first kappa shape index (κ1) is 26.0. The maximum atomic E-state index is 12.6. The molecule has 1 atom stereocenters. The highest BCUT2D eigenvalue weighted by molar-refractivity contribution is 9.10. The Bertz CT molecular complexity index is 1320. The summed E-state index contributed by atoms with van der Waals surface area (Å²) in [5.74, 6) is 0.843. The van der Waals surface area contributed by atoms with Gasteiger partial charge >= 0.3 is 0 Å². The molecule has 34 heavy (non-hydrogen) atoms. The van der Waals surface area contributed by atoms with Gasteiger partial charge in [-0.1, -0.05) is 22.3 Å². The van der Waals surface area contributed by atoms with E-state index < -0.39 is 20.7 Å². The highest BCUT2D eigenvalue weighted by Crippen LogP contribution is 2.24. The summed E-state index contributed by atoms with van der Waals surface area (Å²) in [7, 11) is -4.88. The predicted octanol–water partition coefficient (Wildman–Crippen LogP) is 3.76. The summed E-state index contributed by atoms with van der Waals surface area (Å²) >= 11 is 9.38. The van der Waals surface area contributed by atoms with Crippen LogP contribution >= 0.6 is 27.5 Å². The largest absolute Gasteiger partial charge is 0.367 e. The van der Waals surface area contributed by atoms with E-state index in [2.05, 4.69) is 50.6 Å². The molecule has 3 aromatic rings. The lowest BCUT2D eigenvalue weighted by Crippen LogP contribution is -2.26. The summed E-state index contributed by atoms with van der Waals surface area (Å²) in [6.45, 7) is 2.42. The zero-order valence-electron chi connectivity index (χ0n) is 18.1. The fourth-order valence-electron chi connectivity index (χ4n) is 2.62. The van der Waals surface area contributed by atoms with Crippen molar-refractivity contribution in [3.8, 4) is 0 Å². The van der Waals surface area contributed by atoms with Crippen molar-refractivity contribution >= 4 is 71.6 Å². The van der Waals surface area contributed by atoms with Gasteiger partial charge in [-0.2, -0.15) is 13.4 Å². The first-order chi connectivity index (χ1) is 16.2. The minimum absolute atomic E-state index is 0.0776. The van der Waals surface area contributed by atoms with E-state index >= 15 is 0 Å². The molecular formula is C20H21BrClN7O3S2. The molecule has 0 saturated heterocycles. The molecule has 0 aliphatic rings. The summed E-state index contributed by atoms with van der Waals surface area (Å²) < 4.78 is 29.8. The number of amides is 1. The number of anilines is 3. The first-order valence-corrected chi connectivity index (χ1v) is 14.0.